The number of anilines is 2. The molecule has 1 aromatic rings. The molecule has 21 heavy (non-hydrogen) atoms. The van der Waals surface area contributed by atoms with Crippen LogP contribution in [0.1, 0.15) is 33.6 Å². The molecule has 0 aliphatic rings. The third-order valence-electron chi connectivity index (χ3n) is 2.91. The van der Waals surface area contributed by atoms with Gasteiger partial charge in [-0.05, 0) is 20.3 Å². The second-order valence-corrected chi connectivity index (χ2v) is 4.54. The minimum Gasteiger partial charge on any atom is -0.463 e. The maximum Gasteiger partial charge on any atom is 0.323 e. The van der Waals surface area contributed by atoms with Crippen molar-refractivity contribution in [2.24, 2.45) is 0 Å². The topological polar surface area (TPSA) is 72.4 Å². The van der Waals surface area contributed by atoms with Gasteiger partial charge in [0.15, 0.2) is 0 Å². The molecule has 1 N–H and O–H groups in total. The zero-order valence-electron chi connectivity index (χ0n) is 13.6. The molecule has 0 spiro atoms. The van der Waals surface area contributed by atoms with Crippen LogP contribution in [0.4, 0.5) is 11.9 Å². The van der Waals surface area contributed by atoms with Gasteiger partial charge in [0.25, 0.3) is 0 Å². The summed E-state index contributed by atoms with van der Waals surface area (Å²) < 4.78 is 10.6. The summed E-state index contributed by atoms with van der Waals surface area (Å²) in [5.74, 6) is 1.21. The molecule has 1 heterocycles. The minimum absolute atomic E-state index is 0.363. The Morgan fingerprint density at radius 2 is 1.81 bits per heavy atom. The molecule has 0 radical (unpaired) electrons. The van der Waals surface area contributed by atoms with E-state index in [1.54, 1.807) is 7.11 Å². The van der Waals surface area contributed by atoms with Crippen molar-refractivity contribution in [3.05, 3.63) is 0 Å². The Morgan fingerprint density at radius 3 is 2.43 bits per heavy atom. The van der Waals surface area contributed by atoms with Crippen LogP contribution in [0.25, 0.3) is 0 Å². The summed E-state index contributed by atoms with van der Waals surface area (Å²) in [5.41, 5.74) is 0. The first-order valence-electron chi connectivity index (χ1n) is 7.61. The Labute approximate surface area is 127 Å². The summed E-state index contributed by atoms with van der Waals surface area (Å²) in [6.45, 7) is 9.95. The number of hydrogen-bond donors (Lipinski definition) is 1. The van der Waals surface area contributed by atoms with Crippen LogP contribution in [0.2, 0.25) is 0 Å². The number of hydrogen-bond acceptors (Lipinski definition) is 7. The van der Waals surface area contributed by atoms with E-state index in [9.17, 15) is 0 Å². The van der Waals surface area contributed by atoms with Crippen molar-refractivity contribution in [3.63, 3.8) is 0 Å². The third kappa shape index (κ3) is 6.12. The summed E-state index contributed by atoms with van der Waals surface area (Å²) in [6.07, 6.45) is 1.82. The number of nitrogens with zero attached hydrogens (tertiary/aromatic N) is 4. The van der Waals surface area contributed by atoms with Gasteiger partial charge in [0, 0.05) is 39.8 Å². The van der Waals surface area contributed by atoms with E-state index in [2.05, 4.69) is 45.9 Å². The van der Waals surface area contributed by atoms with E-state index in [1.807, 2.05) is 0 Å². The van der Waals surface area contributed by atoms with Crippen molar-refractivity contribution < 1.29 is 9.47 Å². The highest BCUT2D eigenvalue weighted by Crippen LogP contribution is 2.15. The Kier molecular flexibility index (Phi) is 8.42. The van der Waals surface area contributed by atoms with Gasteiger partial charge in [0.05, 0.1) is 6.61 Å². The monoisotopic (exact) mass is 297 g/mol. The van der Waals surface area contributed by atoms with Crippen molar-refractivity contribution in [1.29, 1.82) is 0 Å². The highest BCUT2D eigenvalue weighted by Gasteiger charge is 2.11. The van der Waals surface area contributed by atoms with Crippen molar-refractivity contribution in [2.45, 2.75) is 33.6 Å². The summed E-state index contributed by atoms with van der Waals surface area (Å²) in [7, 11) is 1.67. The lowest BCUT2D eigenvalue weighted by Crippen LogP contribution is -2.25. The molecule has 0 aliphatic heterocycles. The van der Waals surface area contributed by atoms with Gasteiger partial charge < -0.3 is 19.7 Å². The molecule has 0 saturated heterocycles. The normalized spacial score (nSPS) is 10.5. The molecule has 0 bridgehead atoms. The molecular weight excluding hydrogens is 270 g/mol. The number of methoxy groups -OCH3 is 1. The Balaban J connectivity index is 2.81. The fourth-order valence-corrected chi connectivity index (χ4v) is 1.74. The molecule has 0 fully saturated rings. The molecule has 0 amide bonds. The molecule has 0 atom stereocenters. The molecule has 0 aliphatic carbocycles. The molecule has 7 heteroatoms. The number of rotatable bonds is 11. The smallest absolute Gasteiger partial charge is 0.323 e. The Morgan fingerprint density at radius 1 is 1.05 bits per heavy atom. The summed E-state index contributed by atoms with van der Waals surface area (Å²) in [5, 5.41) is 3.19. The van der Waals surface area contributed by atoms with E-state index in [-0.39, 0.29) is 0 Å². The molecule has 120 valence electrons. The highest BCUT2D eigenvalue weighted by molar-refractivity contribution is 5.38. The lowest BCUT2D eigenvalue weighted by Gasteiger charge is -2.19. The third-order valence-corrected chi connectivity index (χ3v) is 2.91. The average molecular weight is 297 g/mol. The van der Waals surface area contributed by atoms with Gasteiger partial charge in [-0.3, -0.25) is 0 Å². The average Bonchev–Trinajstić information content (AvgIpc) is 2.51. The van der Waals surface area contributed by atoms with Crippen LogP contribution in [0.15, 0.2) is 0 Å². The van der Waals surface area contributed by atoms with Gasteiger partial charge in [0.1, 0.15) is 0 Å². The van der Waals surface area contributed by atoms with E-state index in [0.717, 1.165) is 32.5 Å². The SMILES string of the molecule is CCCNc1nc(OCCCOC)nc(N(CC)CC)n1. The van der Waals surface area contributed by atoms with Crippen LogP contribution >= 0.6 is 0 Å². The lowest BCUT2D eigenvalue weighted by atomic mass is 10.5. The standard InChI is InChI=1S/C14H27N5O2/c1-5-9-15-12-16-13(19(6-2)7-3)18-14(17-12)21-11-8-10-20-4/h5-11H2,1-4H3,(H,15,16,17,18). The van der Waals surface area contributed by atoms with Crippen molar-refractivity contribution in [2.75, 3.05) is 50.2 Å². The van der Waals surface area contributed by atoms with Crippen LogP contribution < -0.4 is 15.0 Å². The Bertz CT molecular complexity index is 399. The second kappa shape index (κ2) is 10.1. The predicted octanol–water partition coefficient (Wildman–Crippen LogP) is 1.95. The zero-order valence-corrected chi connectivity index (χ0v) is 13.6. The summed E-state index contributed by atoms with van der Waals surface area (Å²) >= 11 is 0. The highest BCUT2D eigenvalue weighted by atomic mass is 16.5. The molecule has 0 unspecified atom stereocenters. The number of ether oxygens (including phenoxy) is 2. The Hall–Kier alpha value is -1.63. The van der Waals surface area contributed by atoms with Crippen LogP contribution in [-0.4, -0.2) is 54.9 Å². The van der Waals surface area contributed by atoms with Crippen LogP contribution in [0, 0.1) is 0 Å². The largest absolute Gasteiger partial charge is 0.463 e. The van der Waals surface area contributed by atoms with Crippen molar-refractivity contribution >= 4 is 11.9 Å². The molecule has 0 saturated carbocycles. The van der Waals surface area contributed by atoms with E-state index >= 15 is 0 Å². The van der Waals surface area contributed by atoms with Gasteiger partial charge in [-0.15, -0.1) is 0 Å². The number of aromatic nitrogens is 3. The van der Waals surface area contributed by atoms with Gasteiger partial charge in [0.2, 0.25) is 11.9 Å². The number of nitrogens with one attached hydrogen (secondary N) is 1. The molecule has 7 nitrogen and oxygen atoms in total. The van der Waals surface area contributed by atoms with Crippen LogP contribution in [0.5, 0.6) is 6.01 Å². The lowest BCUT2D eigenvalue weighted by molar-refractivity contribution is 0.168. The van der Waals surface area contributed by atoms with E-state index in [1.165, 1.54) is 0 Å². The van der Waals surface area contributed by atoms with E-state index in [4.69, 9.17) is 9.47 Å². The van der Waals surface area contributed by atoms with Gasteiger partial charge in [-0.25, -0.2) is 0 Å². The van der Waals surface area contributed by atoms with Crippen LogP contribution in [0.3, 0.4) is 0 Å². The first-order chi connectivity index (χ1) is 10.2. The van der Waals surface area contributed by atoms with Gasteiger partial charge >= 0.3 is 6.01 Å². The second-order valence-electron chi connectivity index (χ2n) is 4.54. The maximum absolute atomic E-state index is 5.60. The van der Waals surface area contributed by atoms with Gasteiger partial charge in [-0.2, -0.15) is 15.0 Å². The summed E-state index contributed by atoms with van der Waals surface area (Å²) in [4.78, 5) is 15.2. The molecule has 0 aromatic carbocycles. The summed E-state index contributed by atoms with van der Waals surface area (Å²) in [6, 6.07) is 0.363. The quantitative estimate of drug-likeness (QED) is 0.626. The van der Waals surface area contributed by atoms with E-state index in [0.29, 0.717) is 31.1 Å². The van der Waals surface area contributed by atoms with Crippen molar-refractivity contribution in [3.8, 4) is 6.01 Å². The zero-order chi connectivity index (χ0) is 15.5. The van der Waals surface area contributed by atoms with Crippen molar-refractivity contribution in [1.82, 2.24) is 15.0 Å². The fraction of sp³-hybridized carbons (Fsp3) is 0.786. The maximum atomic E-state index is 5.60. The fourth-order valence-electron chi connectivity index (χ4n) is 1.74. The minimum atomic E-state index is 0.363. The molecular formula is C14H27N5O2. The van der Waals surface area contributed by atoms with E-state index < -0.39 is 0 Å². The predicted molar refractivity (Wildman–Crippen MR) is 84.2 cm³/mol. The van der Waals surface area contributed by atoms with Gasteiger partial charge in [-0.1, -0.05) is 6.92 Å². The molecule has 1 aromatic heterocycles. The van der Waals surface area contributed by atoms with Crippen LogP contribution in [-0.2, 0) is 4.74 Å². The first-order valence-corrected chi connectivity index (χ1v) is 7.61. The molecule has 1 rings (SSSR count). The first kappa shape index (κ1) is 17.4.